The molecular formula is C48H42BBrO2. The predicted molar refractivity (Wildman–Crippen MR) is 223 cm³/mol. The third-order valence-electron chi connectivity index (χ3n) is 10.0. The first kappa shape index (κ1) is 35.4. The molecule has 1 saturated heterocycles. The van der Waals surface area contributed by atoms with Gasteiger partial charge in [0, 0.05) is 4.47 Å². The van der Waals surface area contributed by atoms with E-state index >= 15 is 0 Å². The first-order valence-electron chi connectivity index (χ1n) is 17.8. The predicted octanol–water partition coefficient (Wildman–Crippen LogP) is 12.8. The van der Waals surface area contributed by atoms with E-state index in [0.717, 1.165) is 9.94 Å². The van der Waals surface area contributed by atoms with Gasteiger partial charge in [0.25, 0.3) is 0 Å². The summed E-state index contributed by atoms with van der Waals surface area (Å²) in [5.74, 6) is 0. The zero-order valence-electron chi connectivity index (χ0n) is 30.1. The lowest BCUT2D eigenvalue weighted by Crippen LogP contribution is -2.41. The molecule has 52 heavy (non-hydrogen) atoms. The van der Waals surface area contributed by atoms with Gasteiger partial charge in [-0.25, -0.2) is 0 Å². The lowest BCUT2D eigenvalue weighted by atomic mass is 9.76. The summed E-state index contributed by atoms with van der Waals surface area (Å²) in [6.45, 7) is 8.36. The Kier molecular flexibility index (Phi) is 10.4. The highest BCUT2D eigenvalue weighted by Gasteiger charge is 2.51. The average Bonchev–Trinajstić information content (AvgIpc) is 3.42. The van der Waals surface area contributed by atoms with Crippen LogP contribution in [-0.4, -0.2) is 18.3 Å². The van der Waals surface area contributed by atoms with Gasteiger partial charge in [0.15, 0.2) is 0 Å². The van der Waals surface area contributed by atoms with Crippen LogP contribution in [0.3, 0.4) is 0 Å². The van der Waals surface area contributed by atoms with Crippen molar-refractivity contribution in [1.82, 2.24) is 0 Å². The molecule has 0 aliphatic carbocycles. The fourth-order valence-corrected chi connectivity index (χ4v) is 6.82. The summed E-state index contributed by atoms with van der Waals surface area (Å²) in [6, 6.07) is 63.9. The van der Waals surface area contributed by atoms with Crippen LogP contribution in [0.5, 0.6) is 0 Å². The molecule has 7 aromatic carbocycles. The maximum atomic E-state index is 6.31. The van der Waals surface area contributed by atoms with Gasteiger partial charge in [-0.2, -0.15) is 0 Å². The summed E-state index contributed by atoms with van der Waals surface area (Å²) in [6.07, 6.45) is 0. The van der Waals surface area contributed by atoms with Crippen LogP contribution < -0.4 is 5.46 Å². The average molecular weight is 742 g/mol. The van der Waals surface area contributed by atoms with Gasteiger partial charge in [-0.15, -0.1) is 0 Å². The Morgan fingerprint density at radius 1 is 0.346 bits per heavy atom. The summed E-state index contributed by atoms with van der Waals surface area (Å²) >= 11 is 3.59. The molecule has 4 heteroatoms. The molecule has 1 aliphatic heterocycles. The van der Waals surface area contributed by atoms with Crippen LogP contribution in [0.2, 0.25) is 0 Å². The van der Waals surface area contributed by atoms with Crippen LogP contribution in [0.25, 0.3) is 55.6 Å². The van der Waals surface area contributed by atoms with E-state index in [1.54, 1.807) is 0 Å². The lowest BCUT2D eigenvalue weighted by Gasteiger charge is -2.32. The van der Waals surface area contributed by atoms with Gasteiger partial charge in [0.2, 0.25) is 0 Å². The van der Waals surface area contributed by atoms with Gasteiger partial charge in [0.05, 0.1) is 11.2 Å². The van der Waals surface area contributed by atoms with E-state index in [4.69, 9.17) is 9.31 Å². The summed E-state index contributed by atoms with van der Waals surface area (Å²) < 4.78 is 13.7. The highest BCUT2D eigenvalue weighted by Crippen LogP contribution is 2.38. The molecule has 7 aromatic rings. The Labute approximate surface area is 317 Å². The largest absolute Gasteiger partial charge is 0.494 e. The molecule has 1 aliphatic rings. The zero-order chi connectivity index (χ0) is 36.1. The first-order chi connectivity index (χ1) is 25.1. The van der Waals surface area contributed by atoms with E-state index < -0.39 is 0 Å². The fourth-order valence-electron chi connectivity index (χ4n) is 6.42. The van der Waals surface area contributed by atoms with Gasteiger partial charge in [-0.05, 0) is 125 Å². The van der Waals surface area contributed by atoms with E-state index in [0.29, 0.717) is 0 Å². The highest BCUT2D eigenvalue weighted by molar-refractivity contribution is 9.10. The molecule has 0 unspecified atom stereocenters. The number of benzene rings is 7. The Balaban J connectivity index is 0.000000162. The van der Waals surface area contributed by atoms with Gasteiger partial charge in [-0.3, -0.25) is 0 Å². The van der Waals surface area contributed by atoms with Crippen LogP contribution >= 0.6 is 15.9 Å². The molecule has 0 spiro atoms. The molecule has 0 radical (unpaired) electrons. The quantitative estimate of drug-likeness (QED) is 0.158. The van der Waals surface area contributed by atoms with Crippen molar-refractivity contribution in [3.05, 3.63) is 186 Å². The smallest absolute Gasteiger partial charge is 0.399 e. The Bertz CT molecular complexity index is 2120. The molecule has 2 nitrogen and oxygen atoms in total. The molecule has 0 aromatic heterocycles. The van der Waals surface area contributed by atoms with Crippen LogP contribution in [-0.2, 0) is 9.31 Å². The molecule has 0 saturated carbocycles. The topological polar surface area (TPSA) is 18.5 Å². The summed E-state index contributed by atoms with van der Waals surface area (Å²) in [5, 5.41) is 0. The number of halogens is 1. The van der Waals surface area contributed by atoms with Crippen molar-refractivity contribution in [3.63, 3.8) is 0 Å². The Morgan fingerprint density at radius 3 is 1.00 bits per heavy atom. The Hall–Kier alpha value is -5.00. The normalized spacial score (nSPS) is 14.4. The van der Waals surface area contributed by atoms with Gasteiger partial charge in [-0.1, -0.05) is 162 Å². The lowest BCUT2D eigenvalue weighted by molar-refractivity contribution is 0.00578. The van der Waals surface area contributed by atoms with E-state index in [1.165, 1.54) is 55.6 Å². The number of rotatable bonds is 6. The van der Waals surface area contributed by atoms with Crippen LogP contribution in [0.15, 0.2) is 186 Å². The summed E-state index contributed by atoms with van der Waals surface area (Å²) in [5.41, 5.74) is 12.4. The molecule has 256 valence electrons. The maximum absolute atomic E-state index is 6.31. The van der Waals surface area contributed by atoms with E-state index in [9.17, 15) is 0 Å². The second-order valence-corrected chi connectivity index (χ2v) is 15.1. The molecule has 0 amide bonds. The van der Waals surface area contributed by atoms with Gasteiger partial charge < -0.3 is 9.31 Å². The minimum Gasteiger partial charge on any atom is -0.399 e. The minimum absolute atomic E-state index is 0.354. The summed E-state index contributed by atoms with van der Waals surface area (Å²) in [7, 11) is -0.374. The van der Waals surface area contributed by atoms with Crippen molar-refractivity contribution >= 4 is 28.5 Å². The van der Waals surface area contributed by atoms with Crippen molar-refractivity contribution in [2.45, 2.75) is 38.9 Å². The van der Waals surface area contributed by atoms with Crippen LogP contribution in [0, 0.1) is 0 Å². The molecule has 8 rings (SSSR count). The standard InChI is InChI=1S/C24H25BO2.C24H17Br/c1-23(2)24(3,4)27-25(26-23)22-16-20(18-11-7-5-8-12-18)15-21(17-22)19-13-9-6-10-14-19;25-24-13-7-12-20(17-24)23-15-21(18-8-3-1-4-9-18)14-22(16-23)19-10-5-2-6-11-19/h5-17H,1-4H3;1-17H. The van der Waals surface area contributed by atoms with Gasteiger partial charge >= 0.3 is 7.12 Å². The SMILES string of the molecule is Brc1cccc(-c2cc(-c3ccccc3)cc(-c3ccccc3)c2)c1.CC1(C)OB(c2cc(-c3ccccc3)cc(-c3ccccc3)c2)OC1(C)C. The van der Waals surface area contributed by atoms with Gasteiger partial charge in [0.1, 0.15) is 0 Å². The molecule has 1 fully saturated rings. The monoisotopic (exact) mass is 740 g/mol. The third-order valence-corrected chi connectivity index (χ3v) is 10.5. The molecule has 0 atom stereocenters. The third kappa shape index (κ3) is 8.06. The maximum Gasteiger partial charge on any atom is 0.494 e. The van der Waals surface area contributed by atoms with E-state index in [-0.39, 0.29) is 18.3 Å². The van der Waals surface area contributed by atoms with E-state index in [2.05, 4.69) is 213 Å². The zero-order valence-corrected chi connectivity index (χ0v) is 31.7. The number of hydrogen-bond acceptors (Lipinski definition) is 2. The van der Waals surface area contributed by atoms with Crippen molar-refractivity contribution in [2.75, 3.05) is 0 Å². The first-order valence-corrected chi connectivity index (χ1v) is 18.6. The number of hydrogen-bond donors (Lipinski definition) is 0. The van der Waals surface area contributed by atoms with Crippen LogP contribution in [0.1, 0.15) is 27.7 Å². The van der Waals surface area contributed by atoms with Crippen molar-refractivity contribution in [3.8, 4) is 55.6 Å². The van der Waals surface area contributed by atoms with Crippen LogP contribution in [0.4, 0.5) is 0 Å². The second kappa shape index (κ2) is 15.3. The van der Waals surface area contributed by atoms with Crippen molar-refractivity contribution in [2.24, 2.45) is 0 Å². The van der Waals surface area contributed by atoms with Crippen molar-refractivity contribution < 1.29 is 9.31 Å². The summed E-state index contributed by atoms with van der Waals surface area (Å²) in [4.78, 5) is 0. The highest BCUT2D eigenvalue weighted by atomic mass is 79.9. The fraction of sp³-hybridized carbons (Fsp3) is 0.125. The molecule has 0 N–H and O–H groups in total. The Morgan fingerprint density at radius 2 is 0.654 bits per heavy atom. The molecule has 0 bridgehead atoms. The van der Waals surface area contributed by atoms with E-state index in [1.807, 2.05) is 12.1 Å². The second-order valence-electron chi connectivity index (χ2n) is 14.2. The molecular weight excluding hydrogens is 699 g/mol. The van der Waals surface area contributed by atoms with Crippen molar-refractivity contribution in [1.29, 1.82) is 0 Å². The minimum atomic E-state index is -0.374. The molecule has 1 heterocycles.